The number of nitrogens with one attached hydrogen (secondary N) is 1. The second kappa shape index (κ2) is 6.29. The van der Waals surface area contributed by atoms with Crippen molar-refractivity contribution >= 4 is 34.4 Å². The van der Waals surface area contributed by atoms with Crippen molar-refractivity contribution in [2.24, 2.45) is 5.10 Å². The van der Waals surface area contributed by atoms with Crippen LogP contribution in [0.5, 0.6) is 0 Å². The summed E-state index contributed by atoms with van der Waals surface area (Å²) in [7, 11) is 0. The largest absolute Gasteiger partial charge is 0.253 e. The Hall–Kier alpha value is -2.19. The van der Waals surface area contributed by atoms with Crippen molar-refractivity contribution in [1.82, 2.24) is 19.9 Å². The Morgan fingerprint density at radius 1 is 1.32 bits per heavy atom. The minimum absolute atomic E-state index is 0.298. The van der Waals surface area contributed by atoms with Crippen LogP contribution in [0.1, 0.15) is 5.56 Å². The van der Waals surface area contributed by atoms with Crippen LogP contribution in [-0.2, 0) is 0 Å². The van der Waals surface area contributed by atoms with Crippen LogP contribution >= 0.6 is 28.1 Å². The molecule has 1 N–H and O–H groups in total. The normalized spacial score (nSPS) is 11.2. The third-order valence-electron chi connectivity index (χ3n) is 2.81. The maximum absolute atomic E-state index is 13.7. The van der Waals surface area contributed by atoms with Gasteiger partial charge in [-0.05, 0) is 42.5 Å². The minimum Gasteiger partial charge on any atom is -0.253 e. The van der Waals surface area contributed by atoms with E-state index in [-0.39, 0.29) is 5.82 Å². The lowest BCUT2D eigenvalue weighted by atomic mass is 10.2. The highest BCUT2D eigenvalue weighted by molar-refractivity contribution is 9.10. The third-order valence-corrected chi connectivity index (χ3v) is 3.57. The highest BCUT2D eigenvalue weighted by Gasteiger charge is 2.09. The van der Waals surface area contributed by atoms with Gasteiger partial charge in [0.1, 0.15) is 11.5 Å². The van der Waals surface area contributed by atoms with E-state index < -0.39 is 0 Å². The Labute approximate surface area is 138 Å². The first kappa shape index (κ1) is 14.7. The standard InChI is InChI=1S/C14H9BrFN5S/c15-10-4-5-11(16)9(7-10)8-18-21-13(19-20-14(21)22)12-3-1-2-6-17-12/h1-8H,(H,20,22). The van der Waals surface area contributed by atoms with Crippen LogP contribution < -0.4 is 0 Å². The second-order valence-electron chi connectivity index (χ2n) is 4.29. The van der Waals surface area contributed by atoms with Gasteiger partial charge in [0.15, 0.2) is 0 Å². The first-order valence-electron chi connectivity index (χ1n) is 6.23. The van der Waals surface area contributed by atoms with Crippen molar-refractivity contribution in [3.05, 3.63) is 63.2 Å². The number of hydrogen-bond donors (Lipinski definition) is 1. The zero-order valence-electron chi connectivity index (χ0n) is 11.1. The molecular weight excluding hydrogens is 369 g/mol. The van der Waals surface area contributed by atoms with Gasteiger partial charge in [0.05, 0.1) is 6.21 Å². The molecule has 8 heteroatoms. The van der Waals surface area contributed by atoms with Gasteiger partial charge < -0.3 is 0 Å². The second-order valence-corrected chi connectivity index (χ2v) is 5.59. The Kier molecular flexibility index (Phi) is 4.21. The Morgan fingerprint density at radius 3 is 2.95 bits per heavy atom. The summed E-state index contributed by atoms with van der Waals surface area (Å²) in [4.78, 5) is 4.20. The maximum Gasteiger partial charge on any atom is 0.216 e. The fourth-order valence-corrected chi connectivity index (χ4v) is 2.35. The van der Waals surface area contributed by atoms with E-state index >= 15 is 0 Å². The number of nitrogens with zero attached hydrogens (tertiary/aromatic N) is 4. The van der Waals surface area contributed by atoms with E-state index in [2.05, 4.69) is 36.2 Å². The number of H-pyrrole nitrogens is 1. The molecule has 0 amide bonds. The molecule has 2 heterocycles. The molecule has 0 spiro atoms. The van der Waals surface area contributed by atoms with Crippen LogP contribution in [0.3, 0.4) is 0 Å². The quantitative estimate of drug-likeness (QED) is 0.557. The molecule has 0 radical (unpaired) electrons. The first-order valence-corrected chi connectivity index (χ1v) is 7.43. The fraction of sp³-hybridized carbons (Fsp3) is 0. The molecular formula is C14H9BrFN5S. The smallest absolute Gasteiger partial charge is 0.216 e. The van der Waals surface area contributed by atoms with Crippen molar-refractivity contribution in [3.63, 3.8) is 0 Å². The van der Waals surface area contributed by atoms with Crippen molar-refractivity contribution in [2.75, 3.05) is 0 Å². The summed E-state index contributed by atoms with van der Waals surface area (Å²) in [6.07, 6.45) is 3.03. The van der Waals surface area contributed by atoms with Gasteiger partial charge in [0.2, 0.25) is 10.6 Å². The minimum atomic E-state index is -0.374. The highest BCUT2D eigenvalue weighted by Crippen LogP contribution is 2.16. The molecule has 0 fully saturated rings. The molecule has 2 aromatic heterocycles. The van der Waals surface area contributed by atoms with E-state index in [1.807, 2.05) is 6.07 Å². The molecule has 0 aliphatic rings. The summed E-state index contributed by atoms with van der Waals surface area (Å²) in [5.41, 5.74) is 0.950. The summed E-state index contributed by atoms with van der Waals surface area (Å²) >= 11 is 8.44. The first-order chi connectivity index (χ1) is 10.6. The molecule has 0 atom stereocenters. The van der Waals surface area contributed by atoms with Crippen LogP contribution in [-0.4, -0.2) is 26.1 Å². The molecule has 0 aliphatic heterocycles. The molecule has 0 saturated carbocycles. The van der Waals surface area contributed by atoms with Crippen molar-refractivity contribution in [2.45, 2.75) is 0 Å². The monoisotopic (exact) mass is 377 g/mol. The van der Waals surface area contributed by atoms with Gasteiger partial charge in [-0.25, -0.2) is 9.49 Å². The zero-order valence-corrected chi connectivity index (χ0v) is 13.5. The molecule has 5 nitrogen and oxygen atoms in total. The third kappa shape index (κ3) is 3.02. The van der Waals surface area contributed by atoms with E-state index in [0.29, 0.717) is 21.9 Å². The van der Waals surface area contributed by atoms with E-state index in [0.717, 1.165) is 4.47 Å². The topological polar surface area (TPSA) is 58.9 Å². The number of aromatic nitrogens is 4. The number of pyridine rings is 1. The highest BCUT2D eigenvalue weighted by atomic mass is 79.9. The lowest BCUT2D eigenvalue weighted by Gasteiger charge is -2.00. The molecule has 1 aromatic carbocycles. The van der Waals surface area contributed by atoms with E-state index in [4.69, 9.17) is 12.2 Å². The predicted octanol–water partition coefficient (Wildman–Crippen LogP) is 3.79. The Balaban J connectivity index is 2.03. The predicted molar refractivity (Wildman–Crippen MR) is 87.7 cm³/mol. The lowest BCUT2D eigenvalue weighted by molar-refractivity contribution is 0.625. The summed E-state index contributed by atoms with van der Waals surface area (Å²) in [6.45, 7) is 0. The summed E-state index contributed by atoms with van der Waals surface area (Å²) < 4.78 is 16.2. The van der Waals surface area contributed by atoms with E-state index in [1.165, 1.54) is 17.0 Å². The van der Waals surface area contributed by atoms with Crippen molar-refractivity contribution in [3.8, 4) is 11.5 Å². The average molecular weight is 378 g/mol. The number of benzene rings is 1. The number of rotatable bonds is 3. The Bertz CT molecular complexity index is 888. The molecule has 22 heavy (non-hydrogen) atoms. The van der Waals surface area contributed by atoms with Gasteiger partial charge in [-0.3, -0.25) is 4.98 Å². The summed E-state index contributed by atoms with van der Waals surface area (Å²) in [6, 6.07) is 10.0. The van der Waals surface area contributed by atoms with Gasteiger partial charge in [-0.2, -0.15) is 14.9 Å². The Morgan fingerprint density at radius 2 is 2.18 bits per heavy atom. The maximum atomic E-state index is 13.7. The zero-order chi connectivity index (χ0) is 15.5. The van der Waals surface area contributed by atoms with Crippen LogP contribution in [0.2, 0.25) is 0 Å². The molecule has 0 aliphatic carbocycles. The number of hydrogen-bond acceptors (Lipinski definition) is 4. The summed E-state index contributed by atoms with van der Waals surface area (Å²) in [5, 5.41) is 11.0. The van der Waals surface area contributed by atoms with E-state index in [9.17, 15) is 4.39 Å². The van der Waals surface area contributed by atoms with Gasteiger partial charge >= 0.3 is 0 Å². The van der Waals surface area contributed by atoms with Crippen molar-refractivity contribution in [1.29, 1.82) is 0 Å². The van der Waals surface area contributed by atoms with Gasteiger partial charge in [-0.15, -0.1) is 0 Å². The molecule has 0 saturated heterocycles. The SMILES string of the molecule is Fc1ccc(Br)cc1C=Nn1c(-c2ccccn2)n[nH]c1=S. The van der Waals surface area contributed by atoms with E-state index in [1.54, 1.807) is 30.5 Å². The lowest BCUT2D eigenvalue weighted by Crippen LogP contribution is -1.97. The number of halogens is 2. The molecule has 0 bridgehead atoms. The van der Waals surface area contributed by atoms with Crippen LogP contribution in [0.15, 0.2) is 52.2 Å². The van der Waals surface area contributed by atoms with Crippen LogP contribution in [0.4, 0.5) is 4.39 Å². The number of aromatic amines is 1. The molecule has 3 rings (SSSR count). The van der Waals surface area contributed by atoms with Crippen LogP contribution in [0, 0.1) is 10.6 Å². The van der Waals surface area contributed by atoms with Crippen LogP contribution in [0.25, 0.3) is 11.5 Å². The molecule has 3 aromatic rings. The van der Waals surface area contributed by atoms with Gasteiger partial charge in [0.25, 0.3) is 0 Å². The average Bonchev–Trinajstić information content (AvgIpc) is 2.90. The molecule has 0 unspecified atom stereocenters. The van der Waals surface area contributed by atoms with Crippen molar-refractivity contribution < 1.29 is 4.39 Å². The summed E-state index contributed by atoms with van der Waals surface area (Å²) in [5.74, 6) is 0.0820. The fourth-order valence-electron chi connectivity index (χ4n) is 1.79. The van der Waals surface area contributed by atoms with Gasteiger partial charge in [-0.1, -0.05) is 22.0 Å². The molecule has 110 valence electrons. The van der Waals surface area contributed by atoms with Gasteiger partial charge in [0, 0.05) is 16.2 Å².